The molecule has 31 heavy (non-hydrogen) atoms. The van der Waals surface area contributed by atoms with Crippen LogP contribution in [0.4, 0.5) is 5.95 Å². The van der Waals surface area contributed by atoms with E-state index >= 15 is 0 Å². The fourth-order valence-electron chi connectivity index (χ4n) is 2.58. The number of hydrogen-bond acceptors (Lipinski definition) is 8. The molecule has 2 heterocycles. The van der Waals surface area contributed by atoms with Gasteiger partial charge in [-0.3, -0.25) is 4.79 Å². The van der Waals surface area contributed by atoms with Crippen LogP contribution in [-0.4, -0.2) is 43.4 Å². The summed E-state index contributed by atoms with van der Waals surface area (Å²) in [5.41, 5.74) is 2.88. The topological polar surface area (TPSA) is 97.2 Å². The highest BCUT2D eigenvalue weighted by Gasteiger charge is 2.29. The third-order valence-corrected chi connectivity index (χ3v) is 6.44. The van der Waals surface area contributed by atoms with E-state index in [4.69, 9.17) is 4.74 Å². The number of aromatic nitrogens is 3. The maximum absolute atomic E-state index is 11.3. The van der Waals surface area contributed by atoms with Crippen molar-refractivity contribution < 1.29 is 14.6 Å². The summed E-state index contributed by atoms with van der Waals surface area (Å²) in [5.74, 6) is 0.546. The van der Waals surface area contributed by atoms with E-state index in [1.807, 2.05) is 43.5 Å². The molecule has 0 spiro atoms. The Balaban J connectivity index is 1.50. The van der Waals surface area contributed by atoms with E-state index < -0.39 is 10.7 Å². The zero-order valence-corrected chi connectivity index (χ0v) is 19.6. The molecule has 0 unspecified atom stereocenters. The van der Waals surface area contributed by atoms with Crippen molar-refractivity contribution in [2.75, 3.05) is 11.9 Å². The Labute approximate surface area is 190 Å². The monoisotopic (exact) mass is 458 g/mol. The van der Waals surface area contributed by atoms with Crippen LogP contribution in [0, 0.1) is 0 Å². The number of benzene rings is 1. The Bertz CT molecular complexity index is 1000. The van der Waals surface area contributed by atoms with Gasteiger partial charge in [0, 0.05) is 36.3 Å². The first-order valence-corrected chi connectivity index (χ1v) is 11.6. The number of nitrogens with zero attached hydrogens (tertiary/aromatic N) is 3. The first-order valence-electron chi connectivity index (χ1n) is 9.93. The molecule has 0 aliphatic heterocycles. The largest absolute Gasteiger partial charge is 0.491 e. The van der Waals surface area contributed by atoms with Crippen LogP contribution >= 0.6 is 23.1 Å². The molecule has 0 fully saturated rings. The summed E-state index contributed by atoms with van der Waals surface area (Å²) < 4.78 is 5.53. The molecule has 3 aromatic rings. The van der Waals surface area contributed by atoms with Gasteiger partial charge in [-0.2, -0.15) is 0 Å². The van der Waals surface area contributed by atoms with Gasteiger partial charge in [0.25, 0.3) is 0 Å². The number of nitrogens with one attached hydrogen (secondary N) is 1. The molecule has 0 radical (unpaired) electrons. The molecule has 1 aromatic carbocycles. The third kappa shape index (κ3) is 6.67. The molecule has 2 aromatic heterocycles. The highest BCUT2D eigenvalue weighted by Crippen LogP contribution is 2.34. The highest BCUT2D eigenvalue weighted by molar-refractivity contribution is 8.02. The molecule has 0 atom stereocenters. The Morgan fingerprint density at radius 2 is 1.87 bits per heavy atom. The smallest absolute Gasteiger partial charge is 0.319 e. The molecule has 0 amide bonds. The van der Waals surface area contributed by atoms with E-state index in [-0.39, 0.29) is 6.10 Å². The van der Waals surface area contributed by atoms with Crippen molar-refractivity contribution in [3.63, 3.8) is 0 Å². The number of carbonyl (C=O) groups is 1. The third-order valence-electron chi connectivity index (χ3n) is 4.26. The summed E-state index contributed by atoms with van der Waals surface area (Å²) >= 11 is 2.73. The zero-order chi connectivity index (χ0) is 22.4. The molecular formula is C22H26N4O3S2. The molecule has 0 aliphatic carbocycles. The quantitative estimate of drug-likeness (QED) is 0.410. The van der Waals surface area contributed by atoms with Crippen molar-refractivity contribution in [3.8, 4) is 16.9 Å². The van der Waals surface area contributed by atoms with Gasteiger partial charge in [0.15, 0.2) is 4.34 Å². The number of ether oxygens (including phenoxy) is 1. The number of carboxylic acids is 1. The van der Waals surface area contributed by atoms with Crippen LogP contribution in [0.15, 0.2) is 46.4 Å². The van der Waals surface area contributed by atoms with Crippen molar-refractivity contribution in [1.82, 2.24) is 15.0 Å². The van der Waals surface area contributed by atoms with Crippen LogP contribution in [0.1, 0.15) is 33.4 Å². The number of anilines is 1. The first-order chi connectivity index (χ1) is 14.7. The lowest BCUT2D eigenvalue weighted by molar-refractivity contribution is -0.138. The van der Waals surface area contributed by atoms with E-state index in [1.54, 1.807) is 26.2 Å². The van der Waals surface area contributed by atoms with E-state index in [9.17, 15) is 9.90 Å². The van der Waals surface area contributed by atoms with Crippen LogP contribution in [0.5, 0.6) is 5.75 Å². The van der Waals surface area contributed by atoms with E-state index in [2.05, 4.69) is 20.3 Å². The van der Waals surface area contributed by atoms with Gasteiger partial charge >= 0.3 is 5.97 Å². The second kappa shape index (κ2) is 10.1. The van der Waals surface area contributed by atoms with Crippen molar-refractivity contribution in [2.24, 2.45) is 0 Å². The van der Waals surface area contributed by atoms with Crippen LogP contribution in [0.25, 0.3) is 11.1 Å². The van der Waals surface area contributed by atoms with Gasteiger partial charge < -0.3 is 15.2 Å². The molecule has 7 nitrogen and oxygen atoms in total. The van der Waals surface area contributed by atoms with Crippen molar-refractivity contribution in [1.29, 1.82) is 0 Å². The van der Waals surface area contributed by atoms with Crippen LogP contribution < -0.4 is 10.1 Å². The second-order valence-electron chi connectivity index (χ2n) is 7.69. The highest BCUT2D eigenvalue weighted by atomic mass is 32.2. The fourth-order valence-corrected chi connectivity index (χ4v) is 4.81. The number of hydrogen-bond donors (Lipinski definition) is 2. The van der Waals surface area contributed by atoms with Gasteiger partial charge in [-0.25, -0.2) is 15.0 Å². The average Bonchev–Trinajstić information content (AvgIpc) is 3.15. The predicted molar refractivity (Wildman–Crippen MR) is 125 cm³/mol. The molecule has 2 N–H and O–H groups in total. The molecule has 9 heteroatoms. The summed E-state index contributed by atoms with van der Waals surface area (Å²) in [4.78, 5) is 24.5. The molecule has 0 aliphatic rings. The summed E-state index contributed by atoms with van der Waals surface area (Å²) in [6.07, 6.45) is 4.43. The van der Waals surface area contributed by atoms with Gasteiger partial charge in [-0.1, -0.05) is 23.9 Å². The number of carboxylic acid groups (broad SMARTS) is 1. The maximum Gasteiger partial charge on any atom is 0.319 e. The molecule has 0 saturated heterocycles. The Morgan fingerprint density at radius 3 is 2.48 bits per heavy atom. The van der Waals surface area contributed by atoms with Crippen molar-refractivity contribution in [3.05, 3.63) is 47.7 Å². The lowest BCUT2D eigenvalue weighted by atomic mass is 10.1. The average molecular weight is 459 g/mol. The SMILES string of the molecule is CC(C)Oc1ccc(-c2cnc(NCCc3csc(SC(C)(C)C(=O)O)n3)nc2)cc1. The number of thioether (sulfide) groups is 1. The van der Waals surface area contributed by atoms with Gasteiger partial charge in [-0.15, -0.1) is 11.3 Å². The van der Waals surface area contributed by atoms with Crippen LogP contribution in [0.2, 0.25) is 0 Å². The summed E-state index contributed by atoms with van der Waals surface area (Å²) in [7, 11) is 0. The molecule has 0 saturated carbocycles. The molecule has 0 bridgehead atoms. The lowest BCUT2D eigenvalue weighted by Crippen LogP contribution is -2.26. The Hall–Kier alpha value is -2.65. The second-order valence-corrected chi connectivity index (χ2v) is 10.4. The number of rotatable bonds is 10. The van der Waals surface area contributed by atoms with Crippen molar-refractivity contribution >= 4 is 35.0 Å². The predicted octanol–water partition coefficient (Wildman–Crippen LogP) is 5.00. The molecule has 3 rings (SSSR count). The standard InChI is InChI=1S/C22H26N4O3S2/c1-14(2)29-18-7-5-15(6-8-18)16-11-24-20(25-12-16)23-10-9-17-13-30-21(26-17)31-22(3,4)19(27)28/h5-8,11-14H,9-10H2,1-4H3,(H,27,28)(H,23,24,25). The van der Waals surface area contributed by atoms with E-state index in [0.717, 1.165) is 26.9 Å². The summed E-state index contributed by atoms with van der Waals surface area (Å²) in [6, 6.07) is 7.87. The van der Waals surface area contributed by atoms with E-state index in [1.165, 1.54) is 23.1 Å². The van der Waals surface area contributed by atoms with E-state index in [0.29, 0.717) is 18.9 Å². The van der Waals surface area contributed by atoms with Gasteiger partial charge in [-0.05, 0) is 45.4 Å². The van der Waals surface area contributed by atoms with Gasteiger partial charge in [0.2, 0.25) is 5.95 Å². The van der Waals surface area contributed by atoms with Gasteiger partial charge in [0.05, 0.1) is 11.8 Å². The molecule has 164 valence electrons. The normalized spacial score (nSPS) is 11.5. The zero-order valence-electron chi connectivity index (χ0n) is 18.0. The number of aliphatic carboxylic acids is 1. The first kappa shape index (κ1) is 23.0. The molecular weight excluding hydrogens is 432 g/mol. The van der Waals surface area contributed by atoms with Crippen molar-refractivity contribution in [2.45, 2.75) is 49.3 Å². The van der Waals surface area contributed by atoms with Crippen LogP contribution in [-0.2, 0) is 11.2 Å². The minimum atomic E-state index is -0.898. The number of thiazole rings is 1. The Kier molecular flexibility index (Phi) is 7.50. The minimum Gasteiger partial charge on any atom is -0.491 e. The maximum atomic E-state index is 11.3. The fraction of sp³-hybridized carbons (Fsp3) is 0.364. The lowest BCUT2D eigenvalue weighted by Gasteiger charge is -2.15. The van der Waals surface area contributed by atoms with Gasteiger partial charge in [0.1, 0.15) is 10.5 Å². The summed E-state index contributed by atoms with van der Waals surface area (Å²) in [5, 5.41) is 14.4. The Morgan fingerprint density at radius 1 is 1.19 bits per heavy atom. The minimum absolute atomic E-state index is 0.144. The summed E-state index contributed by atoms with van der Waals surface area (Å²) in [6.45, 7) is 7.99. The van der Waals surface area contributed by atoms with Crippen LogP contribution in [0.3, 0.4) is 0 Å².